The molecule has 0 unspecified atom stereocenters. The molecule has 0 spiro atoms. The summed E-state index contributed by atoms with van der Waals surface area (Å²) in [4.78, 5) is 32.0. The maximum Gasteiger partial charge on any atom is 0.336 e. The van der Waals surface area contributed by atoms with Gasteiger partial charge < -0.3 is 20.1 Å². The predicted molar refractivity (Wildman–Crippen MR) is 62.7 cm³/mol. The molecule has 19 heavy (non-hydrogen) atoms. The number of aliphatic carboxylic acids is 1. The zero-order chi connectivity index (χ0) is 14.4. The minimum atomic E-state index is -1.37. The van der Waals surface area contributed by atoms with Crippen LogP contribution in [0.3, 0.4) is 0 Å². The van der Waals surface area contributed by atoms with Crippen LogP contribution in [-0.2, 0) is 4.79 Å². The number of ether oxygens (including phenoxy) is 1. The third-order valence-corrected chi connectivity index (χ3v) is 2.26. The Hall–Kier alpha value is -2.57. The second-order valence-corrected chi connectivity index (χ2v) is 3.66. The summed E-state index contributed by atoms with van der Waals surface area (Å²) in [5.74, 6) is -3.47. The number of carbonyl (C=O) groups is 3. The smallest absolute Gasteiger partial charge is 0.336 e. The molecule has 1 rings (SSSR count). The Bertz CT molecular complexity index is 507. The highest BCUT2D eigenvalue weighted by Gasteiger charge is 2.16. The van der Waals surface area contributed by atoms with Crippen LogP contribution in [0.15, 0.2) is 18.2 Å². The fourth-order valence-corrected chi connectivity index (χ4v) is 1.39. The van der Waals surface area contributed by atoms with E-state index in [-0.39, 0.29) is 36.3 Å². The summed E-state index contributed by atoms with van der Waals surface area (Å²) in [7, 11) is 0. The highest BCUT2D eigenvalue weighted by atomic mass is 16.5. The zero-order valence-electron chi connectivity index (χ0n) is 9.83. The van der Waals surface area contributed by atoms with E-state index in [0.29, 0.717) is 0 Å². The summed E-state index contributed by atoms with van der Waals surface area (Å²) in [6, 6.07) is 3.57. The molecule has 7 nitrogen and oxygen atoms in total. The van der Waals surface area contributed by atoms with Crippen molar-refractivity contribution < 1.29 is 34.4 Å². The Morgan fingerprint density at radius 2 is 1.63 bits per heavy atom. The molecule has 0 aromatic heterocycles. The van der Waals surface area contributed by atoms with Gasteiger partial charge in [-0.3, -0.25) is 4.79 Å². The van der Waals surface area contributed by atoms with Crippen LogP contribution in [0.4, 0.5) is 0 Å². The Morgan fingerprint density at radius 1 is 1.00 bits per heavy atom. The molecule has 0 fully saturated rings. The van der Waals surface area contributed by atoms with Gasteiger partial charge in [0.15, 0.2) is 0 Å². The second kappa shape index (κ2) is 6.39. The van der Waals surface area contributed by atoms with Crippen molar-refractivity contribution in [2.75, 3.05) is 6.61 Å². The van der Waals surface area contributed by atoms with Gasteiger partial charge in [0.25, 0.3) is 0 Å². The van der Waals surface area contributed by atoms with E-state index in [0.717, 1.165) is 12.1 Å². The molecular formula is C12H12O7. The summed E-state index contributed by atoms with van der Waals surface area (Å²) >= 11 is 0. The number of hydrogen-bond donors (Lipinski definition) is 3. The molecule has 0 saturated heterocycles. The first-order chi connectivity index (χ1) is 8.91. The summed E-state index contributed by atoms with van der Waals surface area (Å²) in [6.07, 6.45) is 0.220. The van der Waals surface area contributed by atoms with Crippen molar-refractivity contribution in [2.45, 2.75) is 12.8 Å². The van der Waals surface area contributed by atoms with E-state index in [1.165, 1.54) is 6.07 Å². The molecule has 0 radical (unpaired) electrons. The van der Waals surface area contributed by atoms with E-state index in [4.69, 9.17) is 20.1 Å². The predicted octanol–water partition coefficient (Wildman–Crippen LogP) is 1.33. The maximum absolute atomic E-state index is 10.9. The van der Waals surface area contributed by atoms with Gasteiger partial charge in [0, 0.05) is 6.42 Å². The molecule has 1 aromatic rings. The van der Waals surface area contributed by atoms with Gasteiger partial charge in [0.05, 0.1) is 17.7 Å². The van der Waals surface area contributed by atoms with Crippen LogP contribution in [0, 0.1) is 0 Å². The number of benzene rings is 1. The Labute approximate surface area is 108 Å². The summed E-state index contributed by atoms with van der Waals surface area (Å²) in [5.41, 5.74) is -0.700. The number of hydrogen-bond acceptors (Lipinski definition) is 4. The van der Waals surface area contributed by atoms with Gasteiger partial charge in [-0.1, -0.05) is 0 Å². The van der Waals surface area contributed by atoms with Crippen LogP contribution in [0.5, 0.6) is 5.75 Å². The van der Waals surface area contributed by atoms with E-state index in [9.17, 15) is 14.4 Å². The van der Waals surface area contributed by atoms with Gasteiger partial charge >= 0.3 is 17.9 Å². The molecule has 0 bridgehead atoms. The summed E-state index contributed by atoms with van der Waals surface area (Å²) in [5, 5.41) is 26.1. The minimum absolute atomic E-state index is 0.0566. The number of aromatic carboxylic acids is 2. The minimum Gasteiger partial charge on any atom is -0.494 e. The van der Waals surface area contributed by atoms with Crippen molar-refractivity contribution in [1.29, 1.82) is 0 Å². The van der Waals surface area contributed by atoms with Crippen molar-refractivity contribution in [3.8, 4) is 5.75 Å². The normalized spacial score (nSPS) is 9.89. The lowest BCUT2D eigenvalue weighted by Crippen LogP contribution is -2.09. The van der Waals surface area contributed by atoms with E-state index < -0.39 is 17.9 Å². The molecule has 102 valence electrons. The van der Waals surface area contributed by atoms with Crippen LogP contribution in [0.25, 0.3) is 0 Å². The number of carboxylic acids is 3. The standard InChI is InChI=1S/C12H12O7/c13-10(14)2-1-5-19-7-3-4-8(11(15)16)9(6-7)12(17)18/h3-4,6H,1-2,5H2,(H,13,14)(H,15,16)(H,17,18). The lowest BCUT2D eigenvalue weighted by atomic mass is 10.1. The van der Waals surface area contributed by atoms with Crippen molar-refractivity contribution in [3.63, 3.8) is 0 Å². The van der Waals surface area contributed by atoms with Crippen LogP contribution in [-0.4, -0.2) is 39.8 Å². The van der Waals surface area contributed by atoms with Crippen molar-refractivity contribution in [2.24, 2.45) is 0 Å². The van der Waals surface area contributed by atoms with E-state index in [2.05, 4.69) is 0 Å². The first-order valence-electron chi connectivity index (χ1n) is 5.37. The quantitative estimate of drug-likeness (QED) is 0.637. The molecule has 0 heterocycles. The fraction of sp³-hybridized carbons (Fsp3) is 0.250. The maximum atomic E-state index is 10.9. The van der Waals surface area contributed by atoms with Crippen molar-refractivity contribution >= 4 is 17.9 Å². The second-order valence-electron chi connectivity index (χ2n) is 3.66. The zero-order valence-corrected chi connectivity index (χ0v) is 9.83. The first-order valence-corrected chi connectivity index (χ1v) is 5.37. The van der Waals surface area contributed by atoms with E-state index >= 15 is 0 Å². The van der Waals surface area contributed by atoms with Crippen LogP contribution < -0.4 is 4.74 Å². The third kappa shape index (κ3) is 4.30. The van der Waals surface area contributed by atoms with Gasteiger partial charge in [0.2, 0.25) is 0 Å². The van der Waals surface area contributed by atoms with Gasteiger partial charge in [-0.15, -0.1) is 0 Å². The first kappa shape index (κ1) is 14.5. The highest BCUT2D eigenvalue weighted by molar-refractivity contribution is 6.01. The molecule has 0 amide bonds. The fourth-order valence-electron chi connectivity index (χ4n) is 1.39. The van der Waals surface area contributed by atoms with E-state index in [1.54, 1.807) is 0 Å². The van der Waals surface area contributed by atoms with Crippen LogP contribution >= 0.6 is 0 Å². The highest BCUT2D eigenvalue weighted by Crippen LogP contribution is 2.18. The van der Waals surface area contributed by atoms with Crippen molar-refractivity contribution in [1.82, 2.24) is 0 Å². The Kier molecular flexibility index (Phi) is 4.87. The van der Waals surface area contributed by atoms with Crippen LogP contribution in [0.1, 0.15) is 33.6 Å². The topological polar surface area (TPSA) is 121 Å². The summed E-state index contributed by atoms with van der Waals surface area (Å²) < 4.78 is 5.16. The molecule has 3 N–H and O–H groups in total. The van der Waals surface area contributed by atoms with Gasteiger partial charge in [-0.25, -0.2) is 9.59 Å². The van der Waals surface area contributed by atoms with Crippen molar-refractivity contribution in [3.05, 3.63) is 29.3 Å². The monoisotopic (exact) mass is 268 g/mol. The lowest BCUT2D eigenvalue weighted by Gasteiger charge is -2.07. The molecular weight excluding hydrogens is 256 g/mol. The Morgan fingerprint density at radius 3 is 2.16 bits per heavy atom. The lowest BCUT2D eigenvalue weighted by molar-refractivity contribution is -0.137. The molecule has 0 aliphatic carbocycles. The average molecular weight is 268 g/mol. The molecule has 0 aliphatic rings. The number of carboxylic acid groups (broad SMARTS) is 3. The van der Waals surface area contributed by atoms with E-state index in [1.807, 2.05) is 0 Å². The summed E-state index contributed by atoms with van der Waals surface area (Å²) in [6.45, 7) is 0.109. The van der Waals surface area contributed by atoms with Gasteiger partial charge in [0.1, 0.15) is 5.75 Å². The largest absolute Gasteiger partial charge is 0.494 e. The molecule has 0 aliphatic heterocycles. The molecule has 0 atom stereocenters. The Balaban J connectivity index is 2.76. The number of rotatable bonds is 7. The molecule has 7 heteroatoms. The average Bonchev–Trinajstić information content (AvgIpc) is 2.33. The molecule has 0 saturated carbocycles. The van der Waals surface area contributed by atoms with Gasteiger partial charge in [-0.2, -0.15) is 0 Å². The SMILES string of the molecule is O=C(O)CCCOc1ccc(C(=O)O)c(C(=O)O)c1. The van der Waals surface area contributed by atoms with Gasteiger partial charge in [-0.05, 0) is 24.6 Å². The molecule has 1 aromatic carbocycles. The third-order valence-electron chi connectivity index (χ3n) is 2.26. The van der Waals surface area contributed by atoms with Crippen LogP contribution in [0.2, 0.25) is 0 Å².